The van der Waals surface area contributed by atoms with E-state index in [0.717, 1.165) is 22.6 Å². The zero-order valence-electron chi connectivity index (χ0n) is 11.7. The minimum Gasteiger partial charge on any atom is -0.457 e. The van der Waals surface area contributed by atoms with Crippen molar-refractivity contribution in [3.05, 3.63) is 77.0 Å². The molecular weight excluding hydrogens is 296 g/mol. The molecule has 0 bridgehead atoms. The Hall–Kier alpha value is -2.70. The summed E-state index contributed by atoms with van der Waals surface area (Å²) in [6.45, 7) is 0.581. The summed E-state index contributed by atoms with van der Waals surface area (Å²) in [5.74, 6) is 1.54. The van der Waals surface area contributed by atoms with Crippen LogP contribution in [0.4, 0.5) is 0 Å². The fourth-order valence-corrected chi connectivity index (χ4v) is 2.50. The fraction of sp³-hybridized carbons (Fsp3) is 0.0556. The van der Waals surface area contributed by atoms with E-state index in [-0.39, 0.29) is 0 Å². The largest absolute Gasteiger partial charge is 0.457 e. The number of hydrogen-bond acceptors (Lipinski definition) is 3. The lowest BCUT2D eigenvalue weighted by Gasteiger charge is -2.16. The van der Waals surface area contributed by atoms with Gasteiger partial charge in [0.15, 0.2) is 0 Å². The third-order valence-electron chi connectivity index (χ3n) is 3.34. The van der Waals surface area contributed by atoms with Gasteiger partial charge in [-0.2, -0.15) is 5.26 Å². The summed E-state index contributed by atoms with van der Waals surface area (Å²) in [4.78, 5) is 0. The second-order valence-electron chi connectivity index (χ2n) is 4.78. The highest BCUT2D eigenvalue weighted by molar-refractivity contribution is 6.33. The van der Waals surface area contributed by atoms with Crippen molar-refractivity contribution >= 4 is 17.2 Å². The average molecular weight is 309 g/mol. The minimum absolute atomic E-state index is 0.438. The molecular formula is C18H13ClN2O. The molecule has 1 aliphatic rings. The molecule has 0 saturated heterocycles. The molecule has 22 heavy (non-hydrogen) atoms. The molecule has 1 heterocycles. The number of nitrogens with one attached hydrogen (secondary N) is 1. The summed E-state index contributed by atoms with van der Waals surface area (Å²) in [6.07, 6.45) is 1.65. The van der Waals surface area contributed by atoms with Gasteiger partial charge in [0.05, 0.1) is 10.6 Å². The highest BCUT2D eigenvalue weighted by Crippen LogP contribution is 2.29. The first-order valence-electron chi connectivity index (χ1n) is 6.84. The van der Waals surface area contributed by atoms with Gasteiger partial charge in [0.2, 0.25) is 0 Å². The van der Waals surface area contributed by atoms with Gasteiger partial charge in [-0.3, -0.25) is 0 Å². The average Bonchev–Trinajstić information content (AvgIpc) is 2.56. The lowest BCUT2D eigenvalue weighted by atomic mass is 9.98. The Balaban J connectivity index is 1.86. The molecule has 4 heteroatoms. The molecule has 1 N–H and O–H groups in total. The smallest absolute Gasteiger partial charge is 0.127 e. The van der Waals surface area contributed by atoms with Gasteiger partial charge in [-0.25, -0.2) is 0 Å². The minimum atomic E-state index is 0.438. The van der Waals surface area contributed by atoms with Crippen LogP contribution in [0, 0.1) is 11.3 Å². The Morgan fingerprint density at radius 2 is 1.68 bits per heavy atom. The van der Waals surface area contributed by atoms with E-state index in [1.165, 1.54) is 0 Å². The van der Waals surface area contributed by atoms with Crippen molar-refractivity contribution < 1.29 is 4.74 Å². The molecule has 3 rings (SSSR count). The molecule has 0 amide bonds. The number of ether oxygens (including phenoxy) is 1. The van der Waals surface area contributed by atoms with Gasteiger partial charge in [0.25, 0.3) is 0 Å². The standard InChI is InChI=1S/C18H13ClN2O/c19-18-12-21-11-17(16(18)10-20)13-6-8-15(9-7-13)22-14-4-2-1-3-5-14/h1-9,12,21H,11H2. The van der Waals surface area contributed by atoms with Crippen molar-refractivity contribution in [2.75, 3.05) is 6.54 Å². The third-order valence-corrected chi connectivity index (χ3v) is 3.64. The number of para-hydroxylation sites is 1. The number of benzene rings is 2. The summed E-state index contributed by atoms with van der Waals surface area (Å²) in [5.41, 5.74) is 2.36. The van der Waals surface area contributed by atoms with Crippen LogP contribution in [-0.2, 0) is 0 Å². The van der Waals surface area contributed by atoms with E-state index in [2.05, 4.69) is 11.4 Å². The maximum atomic E-state index is 9.26. The van der Waals surface area contributed by atoms with Crippen LogP contribution >= 0.6 is 11.6 Å². The van der Waals surface area contributed by atoms with E-state index in [9.17, 15) is 5.26 Å². The fourth-order valence-electron chi connectivity index (χ4n) is 2.26. The summed E-state index contributed by atoms with van der Waals surface area (Å²) in [7, 11) is 0. The first-order chi connectivity index (χ1) is 10.8. The molecule has 0 unspecified atom stereocenters. The highest BCUT2D eigenvalue weighted by atomic mass is 35.5. The predicted molar refractivity (Wildman–Crippen MR) is 87.4 cm³/mol. The van der Waals surface area contributed by atoms with E-state index in [0.29, 0.717) is 17.2 Å². The van der Waals surface area contributed by atoms with Crippen LogP contribution in [0.5, 0.6) is 11.5 Å². The first-order valence-corrected chi connectivity index (χ1v) is 7.22. The van der Waals surface area contributed by atoms with Crippen LogP contribution in [0.3, 0.4) is 0 Å². The lowest BCUT2D eigenvalue weighted by molar-refractivity contribution is 0.482. The molecule has 3 nitrogen and oxygen atoms in total. The number of nitriles is 1. The van der Waals surface area contributed by atoms with Crippen LogP contribution in [0.2, 0.25) is 0 Å². The van der Waals surface area contributed by atoms with Crippen LogP contribution in [-0.4, -0.2) is 6.54 Å². The van der Waals surface area contributed by atoms with Gasteiger partial charge < -0.3 is 10.1 Å². The second kappa shape index (κ2) is 6.38. The predicted octanol–water partition coefficient (Wildman–Crippen LogP) is 4.44. The van der Waals surface area contributed by atoms with Crippen molar-refractivity contribution in [3.63, 3.8) is 0 Å². The van der Waals surface area contributed by atoms with E-state index < -0.39 is 0 Å². The number of dihydropyridines is 1. The first kappa shape index (κ1) is 14.2. The Kier molecular flexibility index (Phi) is 4.13. The van der Waals surface area contributed by atoms with Gasteiger partial charge in [0.1, 0.15) is 17.6 Å². The van der Waals surface area contributed by atoms with Crippen LogP contribution in [0.25, 0.3) is 5.57 Å². The second-order valence-corrected chi connectivity index (χ2v) is 5.19. The molecule has 2 aromatic rings. The topological polar surface area (TPSA) is 45.0 Å². The molecule has 0 saturated carbocycles. The van der Waals surface area contributed by atoms with Gasteiger partial charge in [-0.15, -0.1) is 0 Å². The zero-order chi connectivity index (χ0) is 15.4. The van der Waals surface area contributed by atoms with E-state index in [4.69, 9.17) is 16.3 Å². The number of hydrogen-bond donors (Lipinski definition) is 1. The summed E-state index contributed by atoms with van der Waals surface area (Å²) < 4.78 is 5.76. The molecule has 0 spiro atoms. The van der Waals surface area contributed by atoms with E-state index in [1.807, 2.05) is 54.6 Å². The van der Waals surface area contributed by atoms with Gasteiger partial charge in [-0.1, -0.05) is 41.9 Å². The van der Waals surface area contributed by atoms with Crippen molar-refractivity contribution in [2.24, 2.45) is 0 Å². The zero-order valence-corrected chi connectivity index (χ0v) is 12.5. The van der Waals surface area contributed by atoms with Gasteiger partial charge in [-0.05, 0) is 35.4 Å². The maximum Gasteiger partial charge on any atom is 0.127 e. The van der Waals surface area contributed by atoms with Crippen LogP contribution in [0.1, 0.15) is 5.56 Å². The SMILES string of the molecule is N#CC1=C(c2ccc(Oc3ccccc3)cc2)CNC=C1Cl. The molecule has 0 radical (unpaired) electrons. The number of nitrogens with zero attached hydrogens (tertiary/aromatic N) is 1. The molecule has 0 fully saturated rings. The summed E-state index contributed by atoms with van der Waals surface area (Å²) in [6, 6.07) is 19.4. The molecule has 0 atom stereocenters. The molecule has 1 aliphatic heterocycles. The third kappa shape index (κ3) is 2.98. The Bertz CT molecular complexity index is 771. The van der Waals surface area contributed by atoms with Gasteiger partial charge in [0, 0.05) is 12.7 Å². The van der Waals surface area contributed by atoms with Gasteiger partial charge >= 0.3 is 0 Å². The molecule has 0 aliphatic carbocycles. The molecule has 2 aromatic carbocycles. The van der Waals surface area contributed by atoms with Crippen molar-refractivity contribution in [1.29, 1.82) is 5.26 Å². The van der Waals surface area contributed by atoms with Crippen molar-refractivity contribution in [2.45, 2.75) is 0 Å². The van der Waals surface area contributed by atoms with Crippen LogP contribution < -0.4 is 10.1 Å². The quantitative estimate of drug-likeness (QED) is 0.911. The molecule has 0 aromatic heterocycles. The number of rotatable bonds is 3. The van der Waals surface area contributed by atoms with Crippen molar-refractivity contribution in [1.82, 2.24) is 5.32 Å². The Labute approximate surface area is 134 Å². The number of halogens is 1. The van der Waals surface area contributed by atoms with Crippen LogP contribution in [0.15, 0.2) is 71.4 Å². The lowest BCUT2D eigenvalue weighted by Crippen LogP contribution is -2.16. The normalized spacial score (nSPS) is 13.9. The maximum absolute atomic E-state index is 9.26. The summed E-state index contributed by atoms with van der Waals surface area (Å²) >= 11 is 6.06. The molecule has 108 valence electrons. The highest BCUT2D eigenvalue weighted by Gasteiger charge is 2.15. The monoisotopic (exact) mass is 308 g/mol. The van der Waals surface area contributed by atoms with E-state index >= 15 is 0 Å². The summed E-state index contributed by atoms with van der Waals surface area (Å²) in [5, 5.41) is 12.8. The van der Waals surface area contributed by atoms with E-state index in [1.54, 1.807) is 6.20 Å². The number of allylic oxidation sites excluding steroid dienone is 2. The Morgan fingerprint density at radius 3 is 2.36 bits per heavy atom. The van der Waals surface area contributed by atoms with Crippen molar-refractivity contribution in [3.8, 4) is 17.6 Å². The Morgan fingerprint density at radius 1 is 1.00 bits per heavy atom.